The Hall–Kier alpha value is -0.710. The Labute approximate surface area is 142 Å². The van der Waals surface area contributed by atoms with E-state index in [2.05, 4.69) is 50.2 Å². The molecule has 0 aliphatic rings. The van der Waals surface area contributed by atoms with Crippen LogP contribution >= 0.6 is 31.9 Å². The van der Waals surface area contributed by atoms with Gasteiger partial charge in [0.15, 0.2) is 0 Å². The molecule has 0 aliphatic carbocycles. The van der Waals surface area contributed by atoms with Crippen molar-refractivity contribution >= 4 is 31.9 Å². The van der Waals surface area contributed by atoms with Crippen molar-refractivity contribution in [3.05, 3.63) is 68.4 Å². The molecule has 1 nitrogen and oxygen atoms in total. The highest BCUT2D eigenvalue weighted by molar-refractivity contribution is 9.10. The van der Waals surface area contributed by atoms with Gasteiger partial charge in [0.25, 0.3) is 0 Å². The topological polar surface area (TPSA) is 12.0 Å². The van der Waals surface area contributed by atoms with E-state index in [9.17, 15) is 4.39 Å². The third kappa shape index (κ3) is 4.63. The van der Waals surface area contributed by atoms with Crippen LogP contribution in [0.4, 0.5) is 4.39 Å². The molecule has 0 amide bonds. The van der Waals surface area contributed by atoms with Crippen LogP contribution in [0.3, 0.4) is 0 Å². The van der Waals surface area contributed by atoms with Crippen molar-refractivity contribution in [2.45, 2.75) is 25.8 Å². The van der Waals surface area contributed by atoms with E-state index < -0.39 is 0 Å². The van der Waals surface area contributed by atoms with E-state index in [1.54, 1.807) is 12.1 Å². The molecule has 0 heterocycles. The third-order valence-electron chi connectivity index (χ3n) is 3.35. The summed E-state index contributed by atoms with van der Waals surface area (Å²) in [6.07, 6.45) is 1.80. The van der Waals surface area contributed by atoms with Gasteiger partial charge in [-0.2, -0.15) is 0 Å². The number of nitrogens with one attached hydrogen (secondary N) is 1. The van der Waals surface area contributed by atoms with Gasteiger partial charge >= 0.3 is 0 Å². The third-order valence-corrected chi connectivity index (χ3v) is 4.85. The van der Waals surface area contributed by atoms with Crippen LogP contribution in [0.5, 0.6) is 0 Å². The average Bonchev–Trinajstić information content (AvgIpc) is 2.48. The van der Waals surface area contributed by atoms with Crippen LogP contribution in [0.25, 0.3) is 0 Å². The monoisotopic (exact) mass is 413 g/mol. The number of hydrogen-bond donors (Lipinski definition) is 1. The smallest absolute Gasteiger partial charge is 0.123 e. The summed E-state index contributed by atoms with van der Waals surface area (Å²) < 4.78 is 15.5. The Morgan fingerprint density at radius 2 is 1.86 bits per heavy atom. The summed E-state index contributed by atoms with van der Waals surface area (Å²) in [7, 11) is 0. The minimum absolute atomic E-state index is 0.152. The lowest BCUT2D eigenvalue weighted by atomic mass is 9.98. The van der Waals surface area contributed by atoms with Gasteiger partial charge in [-0.3, -0.25) is 0 Å². The van der Waals surface area contributed by atoms with E-state index in [1.165, 1.54) is 11.6 Å². The molecule has 1 unspecified atom stereocenters. The molecular formula is C17H18Br2FN. The summed E-state index contributed by atoms with van der Waals surface area (Å²) in [4.78, 5) is 0. The first-order valence-electron chi connectivity index (χ1n) is 7.03. The van der Waals surface area contributed by atoms with E-state index in [-0.39, 0.29) is 11.9 Å². The minimum atomic E-state index is -0.199. The fourth-order valence-corrected chi connectivity index (χ4v) is 3.26. The molecule has 112 valence electrons. The lowest BCUT2D eigenvalue weighted by Gasteiger charge is -2.21. The quantitative estimate of drug-likeness (QED) is 0.645. The van der Waals surface area contributed by atoms with Crippen molar-refractivity contribution in [2.24, 2.45) is 0 Å². The second kappa shape index (κ2) is 8.06. The van der Waals surface area contributed by atoms with Crippen LogP contribution in [-0.2, 0) is 6.42 Å². The highest BCUT2D eigenvalue weighted by Crippen LogP contribution is 2.29. The standard InChI is InChI=1S/C17H18Br2FN/c1-2-9-21-17(14-5-3-4-6-16(14)19)11-12-10-13(20)7-8-15(12)18/h3-8,10,17,21H,2,9,11H2,1H3. The zero-order chi connectivity index (χ0) is 15.2. The predicted molar refractivity (Wildman–Crippen MR) is 93.0 cm³/mol. The van der Waals surface area contributed by atoms with Gasteiger partial charge in [-0.1, -0.05) is 57.0 Å². The van der Waals surface area contributed by atoms with Crippen LogP contribution in [-0.4, -0.2) is 6.54 Å². The first-order chi connectivity index (χ1) is 10.1. The number of halogens is 3. The van der Waals surface area contributed by atoms with Gasteiger partial charge < -0.3 is 5.32 Å². The SMILES string of the molecule is CCCNC(Cc1cc(F)ccc1Br)c1ccccc1Br. The van der Waals surface area contributed by atoms with Crippen LogP contribution in [0.1, 0.15) is 30.5 Å². The van der Waals surface area contributed by atoms with Crippen molar-refractivity contribution in [1.82, 2.24) is 5.32 Å². The van der Waals surface area contributed by atoms with Crippen LogP contribution < -0.4 is 5.32 Å². The largest absolute Gasteiger partial charge is 0.310 e. The van der Waals surface area contributed by atoms with Gasteiger partial charge in [-0.15, -0.1) is 0 Å². The van der Waals surface area contributed by atoms with Crippen molar-refractivity contribution in [3.63, 3.8) is 0 Å². The molecule has 0 spiro atoms. The summed E-state index contributed by atoms with van der Waals surface area (Å²) in [5.74, 6) is -0.199. The summed E-state index contributed by atoms with van der Waals surface area (Å²) in [5.41, 5.74) is 2.17. The Bertz CT molecular complexity index is 601. The molecule has 2 rings (SSSR count). The van der Waals surface area contributed by atoms with E-state index >= 15 is 0 Å². The number of hydrogen-bond acceptors (Lipinski definition) is 1. The molecule has 1 atom stereocenters. The molecule has 2 aromatic rings. The van der Waals surface area contributed by atoms with Gasteiger partial charge in [0.05, 0.1) is 0 Å². The zero-order valence-corrected chi connectivity index (χ0v) is 15.0. The van der Waals surface area contributed by atoms with Crippen molar-refractivity contribution in [1.29, 1.82) is 0 Å². The first-order valence-corrected chi connectivity index (χ1v) is 8.62. The van der Waals surface area contributed by atoms with Gasteiger partial charge in [-0.05, 0) is 54.8 Å². The second-order valence-electron chi connectivity index (χ2n) is 4.97. The lowest BCUT2D eigenvalue weighted by Crippen LogP contribution is -2.24. The average molecular weight is 415 g/mol. The van der Waals surface area contributed by atoms with Crippen molar-refractivity contribution < 1.29 is 4.39 Å². The molecular weight excluding hydrogens is 397 g/mol. The molecule has 1 N–H and O–H groups in total. The van der Waals surface area contributed by atoms with E-state index in [0.29, 0.717) is 0 Å². The Morgan fingerprint density at radius 3 is 2.57 bits per heavy atom. The molecule has 0 bridgehead atoms. The molecule has 0 fully saturated rings. The lowest BCUT2D eigenvalue weighted by molar-refractivity contribution is 0.525. The van der Waals surface area contributed by atoms with E-state index in [4.69, 9.17) is 0 Å². The molecule has 2 aromatic carbocycles. The molecule has 0 aliphatic heterocycles. The highest BCUT2D eigenvalue weighted by atomic mass is 79.9. The van der Waals surface area contributed by atoms with Gasteiger partial charge in [0, 0.05) is 15.0 Å². The summed E-state index contributed by atoms with van der Waals surface area (Å²) >= 11 is 7.12. The van der Waals surface area contributed by atoms with E-state index in [1.807, 2.05) is 18.2 Å². The van der Waals surface area contributed by atoms with E-state index in [0.717, 1.165) is 33.9 Å². The first kappa shape index (κ1) is 16.7. The molecule has 4 heteroatoms. The van der Waals surface area contributed by atoms with Crippen molar-refractivity contribution in [3.8, 4) is 0 Å². The molecule has 0 aromatic heterocycles. The maximum absolute atomic E-state index is 13.5. The fraction of sp³-hybridized carbons (Fsp3) is 0.294. The van der Waals surface area contributed by atoms with Crippen LogP contribution in [0, 0.1) is 5.82 Å². The Kier molecular flexibility index (Phi) is 6.40. The van der Waals surface area contributed by atoms with Crippen LogP contribution in [0.2, 0.25) is 0 Å². The highest BCUT2D eigenvalue weighted by Gasteiger charge is 2.16. The molecule has 21 heavy (non-hydrogen) atoms. The second-order valence-corrected chi connectivity index (χ2v) is 6.68. The maximum Gasteiger partial charge on any atom is 0.123 e. The molecule has 0 saturated heterocycles. The van der Waals surface area contributed by atoms with Gasteiger partial charge in [0.2, 0.25) is 0 Å². The Morgan fingerprint density at radius 1 is 1.10 bits per heavy atom. The van der Waals surface area contributed by atoms with Gasteiger partial charge in [-0.25, -0.2) is 4.39 Å². The van der Waals surface area contributed by atoms with Gasteiger partial charge in [0.1, 0.15) is 5.82 Å². The van der Waals surface area contributed by atoms with Crippen LogP contribution in [0.15, 0.2) is 51.4 Å². The van der Waals surface area contributed by atoms with Crippen molar-refractivity contribution in [2.75, 3.05) is 6.54 Å². The maximum atomic E-state index is 13.5. The number of benzene rings is 2. The molecule has 0 radical (unpaired) electrons. The number of rotatable bonds is 6. The minimum Gasteiger partial charge on any atom is -0.310 e. The Balaban J connectivity index is 2.28. The summed E-state index contributed by atoms with van der Waals surface area (Å²) in [6.45, 7) is 3.07. The summed E-state index contributed by atoms with van der Waals surface area (Å²) in [6, 6.07) is 13.2. The normalized spacial score (nSPS) is 12.4. The summed E-state index contributed by atoms with van der Waals surface area (Å²) in [5, 5.41) is 3.55. The fourth-order valence-electron chi connectivity index (χ4n) is 2.29. The molecule has 0 saturated carbocycles. The zero-order valence-electron chi connectivity index (χ0n) is 11.9. The predicted octanol–water partition coefficient (Wildman–Crippen LogP) is 5.63.